The highest BCUT2D eigenvalue weighted by Crippen LogP contribution is 2.41. The average molecular weight is 282 g/mol. The molecule has 0 amide bonds. The molecule has 0 aliphatic carbocycles. The molecule has 2 aromatic rings. The topological polar surface area (TPSA) is 35.1 Å². The minimum Gasteiger partial charge on any atom is -0.408 e. The van der Waals surface area contributed by atoms with Crippen molar-refractivity contribution in [2.45, 2.75) is 46.0 Å². The van der Waals surface area contributed by atoms with Gasteiger partial charge in [-0.2, -0.15) is 0 Å². The molecular weight excluding hydrogens is 262 g/mol. The van der Waals surface area contributed by atoms with Gasteiger partial charge in [0.05, 0.1) is 10.9 Å². The van der Waals surface area contributed by atoms with Gasteiger partial charge in [0.1, 0.15) is 0 Å². The molecule has 0 spiro atoms. The van der Waals surface area contributed by atoms with Crippen LogP contribution in [0.3, 0.4) is 0 Å². The molecule has 2 rings (SSSR count). The van der Waals surface area contributed by atoms with E-state index in [0.29, 0.717) is 12.1 Å². The monoisotopic (exact) mass is 281 g/mol. The Labute approximate surface area is 118 Å². The largest absolute Gasteiger partial charge is 0.419 e. The van der Waals surface area contributed by atoms with Crippen molar-refractivity contribution >= 4 is 22.7 Å². The van der Waals surface area contributed by atoms with Crippen molar-refractivity contribution in [3.8, 4) is 0 Å². The lowest BCUT2D eigenvalue weighted by Gasteiger charge is -2.28. The highest BCUT2D eigenvalue weighted by molar-refractivity contribution is 6.21. The number of aromatic nitrogens is 1. The molecular formula is C15H20ClNO2. The molecule has 0 fully saturated rings. The van der Waals surface area contributed by atoms with Crippen molar-refractivity contribution in [2.24, 2.45) is 5.41 Å². The van der Waals surface area contributed by atoms with Crippen molar-refractivity contribution in [3.05, 3.63) is 34.3 Å². The first-order valence-corrected chi connectivity index (χ1v) is 7.11. The average Bonchev–Trinajstić information content (AvgIpc) is 2.71. The number of aryl methyl sites for hydroxylation is 1. The van der Waals surface area contributed by atoms with Crippen LogP contribution >= 0.6 is 11.6 Å². The minimum absolute atomic E-state index is 0.00283. The predicted molar refractivity (Wildman–Crippen MR) is 78.8 cm³/mol. The molecule has 1 aromatic heterocycles. The van der Waals surface area contributed by atoms with Crippen LogP contribution in [0.15, 0.2) is 27.4 Å². The number of halogens is 1. The van der Waals surface area contributed by atoms with Crippen LogP contribution in [-0.2, 0) is 6.54 Å². The van der Waals surface area contributed by atoms with Gasteiger partial charge in [0.25, 0.3) is 0 Å². The number of fused-ring (bicyclic) bond motifs is 1. The second-order valence-corrected chi connectivity index (χ2v) is 5.98. The first kappa shape index (κ1) is 14.2. The van der Waals surface area contributed by atoms with Gasteiger partial charge in [-0.1, -0.05) is 26.8 Å². The van der Waals surface area contributed by atoms with E-state index in [9.17, 15) is 4.79 Å². The standard InChI is InChI=1S/C15H20ClNO2/c1-5-15(3,4)13(16)10-7-8-11-12(9-10)19-14(18)17(11)6-2/h7-9,13H,5-6H2,1-4H3. The Hall–Kier alpha value is -1.22. The highest BCUT2D eigenvalue weighted by Gasteiger charge is 2.27. The second kappa shape index (κ2) is 5.04. The summed E-state index contributed by atoms with van der Waals surface area (Å²) in [6, 6.07) is 5.79. The van der Waals surface area contributed by atoms with Crippen LogP contribution in [0.5, 0.6) is 0 Å². The first-order valence-electron chi connectivity index (χ1n) is 6.68. The third kappa shape index (κ3) is 2.44. The van der Waals surface area contributed by atoms with Crippen LogP contribution in [0.25, 0.3) is 11.1 Å². The van der Waals surface area contributed by atoms with Gasteiger partial charge in [0, 0.05) is 6.54 Å². The fourth-order valence-electron chi connectivity index (χ4n) is 2.17. The molecule has 0 saturated heterocycles. The Balaban J connectivity index is 2.51. The van der Waals surface area contributed by atoms with Gasteiger partial charge in [0.15, 0.2) is 5.58 Å². The predicted octanol–water partition coefficient (Wildman–Crippen LogP) is 4.33. The lowest BCUT2D eigenvalue weighted by molar-refractivity contribution is 0.336. The van der Waals surface area contributed by atoms with Crippen LogP contribution in [-0.4, -0.2) is 4.57 Å². The molecule has 4 heteroatoms. The second-order valence-electron chi connectivity index (χ2n) is 5.54. The molecule has 1 unspecified atom stereocenters. The van der Waals surface area contributed by atoms with Gasteiger partial charge in [-0.25, -0.2) is 4.79 Å². The van der Waals surface area contributed by atoms with E-state index in [0.717, 1.165) is 17.5 Å². The zero-order chi connectivity index (χ0) is 14.2. The molecule has 0 saturated carbocycles. The molecule has 0 bridgehead atoms. The van der Waals surface area contributed by atoms with E-state index in [1.54, 1.807) is 4.57 Å². The summed E-state index contributed by atoms with van der Waals surface area (Å²) in [6.07, 6.45) is 0.985. The quantitative estimate of drug-likeness (QED) is 0.782. The number of hydrogen-bond acceptors (Lipinski definition) is 2. The number of oxazole rings is 1. The van der Waals surface area contributed by atoms with Gasteiger partial charge >= 0.3 is 5.76 Å². The minimum atomic E-state index is -0.310. The summed E-state index contributed by atoms with van der Waals surface area (Å²) in [5.74, 6) is -0.310. The zero-order valence-corrected chi connectivity index (χ0v) is 12.6. The maximum Gasteiger partial charge on any atom is 0.419 e. The molecule has 0 aliphatic heterocycles. The normalized spacial score (nSPS) is 13.9. The van der Waals surface area contributed by atoms with Crippen molar-refractivity contribution in [1.29, 1.82) is 0 Å². The van der Waals surface area contributed by atoms with E-state index in [1.807, 2.05) is 25.1 Å². The van der Waals surface area contributed by atoms with Crippen LogP contribution in [0.1, 0.15) is 45.1 Å². The smallest absolute Gasteiger partial charge is 0.408 e. The maximum absolute atomic E-state index is 11.7. The summed E-state index contributed by atoms with van der Waals surface area (Å²) in [4.78, 5) is 11.7. The number of benzene rings is 1. The summed E-state index contributed by atoms with van der Waals surface area (Å²) < 4.78 is 6.89. The fourth-order valence-corrected chi connectivity index (χ4v) is 2.46. The van der Waals surface area contributed by atoms with Crippen molar-refractivity contribution in [3.63, 3.8) is 0 Å². The van der Waals surface area contributed by atoms with Crippen molar-refractivity contribution < 1.29 is 4.42 Å². The summed E-state index contributed by atoms with van der Waals surface area (Å²) in [7, 11) is 0. The molecule has 3 nitrogen and oxygen atoms in total. The van der Waals surface area contributed by atoms with E-state index in [4.69, 9.17) is 16.0 Å². The Morgan fingerprint density at radius 3 is 2.63 bits per heavy atom. The Morgan fingerprint density at radius 1 is 1.37 bits per heavy atom. The molecule has 0 radical (unpaired) electrons. The Morgan fingerprint density at radius 2 is 2.05 bits per heavy atom. The lowest BCUT2D eigenvalue weighted by Crippen LogP contribution is -2.16. The third-order valence-electron chi connectivity index (χ3n) is 3.90. The van der Waals surface area contributed by atoms with Crippen LogP contribution in [0.4, 0.5) is 0 Å². The maximum atomic E-state index is 11.7. The summed E-state index contributed by atoms with van der Waals surface area (Å²) >= 11 is 6.55. The third-order valence-corrected chi connectivity index (χ3v) is 4.74. The lowest BCUT2D eigenvalue weighted by atomic mass is 9.83. The molecule has 1 atom stereocenters. The number of hydrogen-bond donors (Lipinski definition) is 0. The molecule has 1 heterocycles. The molecule has 19 heavy (non-hydrogen) atoms. The van der Waals surface area contributed by atoms with Gasteiger partial charge in [-0.3, -0.25) is 4.57 Å². The van der Waals surface area contributed by atoms with Gasteiger partial charge in [-0.05, 0) is 36.5 Å². The number of alkyl halides is 1. The summed E-state index contributed by atoms with van der Waals surface area (Å²) in [5.41, 5.74) is 2.44. The van der Waals surface area contributed by atoms with E-state index >= 15 is 0 Å². The SMILES string of the molecule is CCn1c(=O)oc2cc(C(Cl)C(C)(C)CC)ccc21. The summed E-state index contributed by atoms with van der Waals surface area (Å²) in [6.45, 7) is 8.94. The number of rotatable bonds is 4. The Bertz CT molecular complexity index is 639. The van der Waals surface area contributed by atoms with Crippen LogP contribution in [0.2, 0.25) is 0 Å². The van der Waals surface area contributed by atoms with E-state index in [-0.39, 0.29) is 16.5 Å². The van der Waals surface area contributed by atoms with Gasteiger partial charge in [-0.15, -0.1) is 11.6 Å². The molecule has 1 aromatic carbocycles. The first-order chi connectivity index (χ1) is 8.90. The summed E-state index contributed by atoms with van der Waals surface area (Å²) in [5, 5.41) is -0.0998. The number of nitrogens with zero attached hydrogens (tertiary/aromatic N) is 1. The fraction of sp³-hybridized carbons (Fsp3) is 0.533. The molecule has 0 N–H and O–H groups in total. The van der Waals surface area contributed by atoms with E-state index < -0.39 is 0 Å². The Kier molecular flexibility index (Phi) is 3.77. The van der Waals surface area contributed by atoms with Gasteiger partial charge < -0.3 is 4.42 Å². The highest BCUT2D eigenvalue weighted by atomic mass is 35.5. The van der Waals surface area contributed by atoms with E-state index in [1.165, 1.54) is 0 Å². The van der Waals surface area contributed by atoms with E-state index in [2.05, 4.69) is 20.8 Å². The van der Waals surface area contributed by atoms with Gasteiger partial charge in [0.2, 0.25) is 0 Å². The van der Waals surface area contributed by atoms with Crippen molar-refractivity contribution in [2.75, 3.05) is 0 Å². The molecule has 104 valence electrons. The van der Waals surface area contributed by atoms with Crippen LogP contribution < -0.4 is 5.76 Å². The van der Waals surface area contributed by atoms with Crippen molar-refractivity contribution in [1.82, 2.24) is 4.57 Å². The zero-order valence-electron chi connectivity index (χ0n) is 11.9. The molecule has 0 aliphatic rings. The van der Waals surface area contributed by atoms with Crippen LogP contribution in [0, 0.1) is 5.41 Å².